The van der Waals surface area contributed by atoms with Crippen LogP contribution < -0.4 is 9.80 Å². The van der Waals surface area contributed by atoms with Gasteiger partial charge in [0.1, 0.15) is 11.2 Å². The monoisotopic (exact) mass is 1090 g/mol. The summed E-state index contributed by atoms with van der Waals surface area (Å²) in [6.07, 6.45) is 0. The van der Waals surface area contributed by atoms with Gasteiger partial charge in [-0.1, -0.05) is 242 Å². The topological polar surface area (TPSA) is 32.8 Å². The highest BCUT2D eigenvalue weighted by Crippen LogP contribution is 2.68. The van der Waals surface area contributed by atoms with Crippen LogP contribution in [0.4, 0.5) is 34.1 Å². The highest BCUT2D eigenvalue weighted by molar-refractivity contribution is 6.24. The number of anilines is 6. The molecular weight excluding hydrogens is 1030 g/mol. The molecule has 0 atom stereocenters. The molecule has 2 aromatic heterocycles. The van der Waals surface area contributed by atoms with Crippen molar-refractivity contribution in [2.24, 2.45) is 0 Å². The Morgan fingerprint density at radius 2 is 0.718 bits per heavy atom. The van der Waals surface area contributed by atoms with Gasteiger partial charge < -0.3 is 18.6 Å². The first-order valence-corrected chi connectivity index (χ1v) is 29.8. The molecule has 2 aliphatic rings. The maximum absolute atomic E-state index is 7.27. The summed E-state index contributed by atoms with van der Waals surface area (Å²) in [5.74, 6) is 0. The number of para-hydroxylation sites is 6. The van der Waals surface area contributed by atoms with E-state index in [9.17, 15) is 0 Å². The number of furan rings is 2. The Morgan fingerprint density at radius 3 is 1.28 bits per heavy atom. The van der Waals surface area contributed by atoms with Gasteiger partial charge in [0.25, 0.3) is 0 Å². The smallest absolute Gasteiger partial charge is 0.159 e. The maximum atomic E-state index is 7.27. The number of benzene rings is 13. The minimum atomic E-state index is -0.705. The van der Waals surface area contributed by atoms with E-state index >= 15 is 0 Å². The largest absolute Gasteiger partial charge is 0.454 e. The van der Waals surface area contributed by atoms with E-state index in [1.807, 2.05) is 0 Å². The molecule has 0 amide bonds. The minimum Gasteiger partial charge on any atom is -0.454 e. The van der Waals surface area contributed by atoms with Gasteiger partial charge in [-0.25, -0.2) is 0 Å². The Morgan fingerprint density at radius 1 is 0.282 bits per heavy atom. The molecule has 0 saturated heterocycles. The van der Waals surface area contributed by atoms with Gasteiger partial charge in [0.05, 0.1) is 22.5 Å². The van der Waals surface area contributed by atoms with Crippen LogP contribution in [0.5, 0.6) is 0 Å². The molecule has 1 spiro atoms. The SMILES string of the molecule is CC(C)(C)c1cccc2c1oc1c(N(c3ccccc3)c3ccc4c5c(c6ccccc6c4c3)-c3cc(N(c4ccccc4)c4cccc6c4oc4c(C(C)(C)C)cccc46)c4ccccc4c3C53c4ccccc4-c4ccccc43)cccc12. The van der Waals surface area contributed by atoms with Gasteiger partial charge in [-0.15, -0.1) is 0 Å². The zero-order valence-electron chi connectivity index (χ0n) is 48.5. The third kappa shape index (κ3) is 6.91. The van der Waals surface area contributed by atoms with Gasteiger partial charge >= 0.3 is 0 Å². The van der Waals surface area contributed by atoms with Crippen molar-refractivity contribution in [2.45, 2.75) is 57.8 Å². The molecule has 0 saturated carbocycles. The zero-order chi connectivity index (χ0) is 57.1. The molecule has 2 aliphatic carbocycles. The van der Waals surface area contributed by atoms with Crippen LogP contribution in [-0.2, 0) is 16.2 Å². The Balaban J connectivity index is 0.987. The lowest BCUT2D eigenvalue weighted by atomic mass is 9.68. The fourth-order valence-corrected chi connectivity index (χ4v) is 15.2. The van der Waals surface area contributed by atoms with E-state index in [-0.39, 0.29) is 10.8 Å². The predicted octanol–water partition coefficient (Wildman–Crippen LogP) is 22.8. The number of nitrogens with zero attached hydrogens (tertiary/aromatic N) is 2. The molecule has 0 aliphatic heterocycles. The average Bonchev–Trinajstić information content (AvgIpc) is 1.50. The zero-order valence-corrected chi connectivity index (χ0v) is 48.5. The van der Waals surface area contributed by atoms with E-state index in [1.54, 1.807) is 0 Å². The minimum absolute atomic E-state index is 0.111. The summed E-state index contributed by atoms with van der Waals surface area (Å²) in [4.78, 5) is 4.86. The number of hydrogen-bond donors (Lipinski definition) is 0. The highest BCUT2D eigenvalue weighted by atomic mass is 16.3. The van der Waals surface area contributed by atoms with E-state index in [4.69, 9.17) is 8.83 Å². The molecule has 85 heavy (non-hydrogen) atoms. The van der Waals surface area contributed by atoms with Crippen molar-refractivity contribution < 1.29 is 8.83 Å². The average molecular weight is 1090 g/mol. The molecule has 0 bridgehead atoms. The second-order valence-electron chi connectivity index (χ2n) is 25.4. The maximum Gasteiger partial charge on any atom is 0.159 e. The summed E-state index contributed by atoms with van der Waals surface area (Å²) < 4.78 is 14.4. The molecule has 15 aromatic rings. The Hall–Kier alpha value is -10.2. The van der Waals surface area contributed by atoms with Crippen molar-refractivity contribution in [3.63, 3.8) is 0 Å². The van der Waals surface area contributed by atoms with Gasteiger partial charge in [0.15, 0.2) is 11.2 Å². The number of fused-ring (bicyclic) bond motifs is 23. The summed E-state index contributed by atoms with van der Waals surface area (Å²) in [5, 5.41) is 11.6. The van der Waals surface area contributed by atoms with Crippen molar-refractivity contribution in [2.75, 3.05) is 9.80 Å². The van der Waals surface area contributed by atoms with Crippen molar-refractivity contribution in [3.8, 4) is 22.3 Å². The van der Waals surface area contributed by atoms with Crippen LogP contribution in [-0.4, -0.2) is 0 Å². The van der Waals surface area contributed by atoms with E-state index in [1.165, 1.54) is 82.6 Å². The fraction of sp³-hybridized carbons (Fsp3) is 0.111. The molecule has 0 radical (unpaired) electrons. The fourth-order valence-electron chi connectivity index (χ4n) is 15.2. The summed E-state index contributed by atoms with van der Waals surface area (Å²) in [5.41, 5.74) is 21.5. The molecular formula is C81H60N2O2. The van der Waals surface area contributed by atoms with Crippen LogP contribution >= 0.6 is 0 Å². The van der Waals surface area contributed by atoms with Gasteiger partial charge in [-0.2, -0.15) is 0 Å². The van der Waals surface area contributed by atoms with Crippen LogP contribution in [0.15, 0.2) is 264 Å². The summed E-state index contributed by atoms with van der Waals surface area (Å²) in [6.45, 7) is 13.6. The lowest BCUT2D eigenvalue weighted by Gasteiger charge is -2.34. The first-order valence-electron chi connectivity index (χ1n) is 29.8. The first kappa shape index (κ1) is 49.4. The lowest BCUT2D eigenvalue weighted by molar-refractivity contribution is 0.572. The highest BCUT2D eigenvalue weighted by Gasteiger charge is 2.54. The quantitative estimate of drug-likeness (QED) is 0.155. The molecule has 4 heteroatoms. The van der Waals surface area contributed by atoms with E-state index < -0.39 is 5.41 Å². The molecule has 13 aromatic carbocycles. The summed E-state index contributed by atoms with van der Waals surface area (Å²) in [7, 11) is 0. The van der Waals surface area contributed by atoms with Gasteiger partial charge in [0.2, 0.25) is 0 Å². The van der Waals surface area contributed by atoms with Crippen LogP contribution in [0.1, 0.15) is 74.9 Å². The van der Waals surface area contributed by atoms with Gasteiger partial charge in [-0.3, -0.25) is 0 Å². The lowest BCUT2D eigenvalue weighted by Crippen LogP contribution is -2.26. The Bertz CT molecular complexity index is 5240. The van der Waals surface area contributed by atoms with Crippen LogP contribution in [0.3, 0.4) is 0 Å². The van der Waals surface area contributed by atoms with Crippen LogP contribution in [0.25, 0.3) is 98.4 Å². The normalized spacial score (nSPS) is 13.4. The molecule has 4 nitrogen and oxygen atoms in total. The molecule has 406 valence electrons. The van der Waals surface area contributed by atoms with Crippen molar-refractivity contribution in [1.29, 1.82) is 0 Å². The Kier molecular flexibility index (Phi) is 10.4. The standard InChI is InChI=1S/C81H60N2O2/c1-79(2,3)67-41-21-35-59-61-37-23-43-69(77(61)84-75(59)67)82(49-25-9-7-10-26-49)51-45-46-58-63(47-51)52-29-13-15-33-56(52)72-64-48-71(55-32-14-16-34-57(55)73(64)81(74(58)72)65-39-19-17-30-53(65)54-31-18-20-40-66(54)81)83(50-27-11-8-12-28-50)70-44-24-38-62-60-36-22-42-68(80(4,5)6)76(60)85-78(62)70/h7-48H,1-6H3. The number of rotatable bonds is 6. The van der Waals surface area contributed by atoms with E-state index in [2.05, 4.69) is 306 Å². The summed E-state index contributed by atoms with van der Waals surface area (Å²) >= 11 is 0. The molecule has 2 heterocycles. The third-order valence-electron chi connectivity index (χ3n) is 18.6. The van der Waals surface area contributed by atoms with E-state index in [0.29, 0.717) is 0 Å². The predicted molar refractivity (Wildman–Crippen MR) is 357 cm³/mol. The molecule has 0 N–H and O–H groups in total. The van der Waals surface area contributed by atoms with Crippen molar-refractivity contribution >= 4 is 110 Å². The van der Waals surface area contributed by atoms with Gasteiger partial charge in [0, 0.05) is 55.1 Å². The molecule has 0 unspecified atom stereocenters. The van der Waals surface area contributed by atoms with Crippen LogP contribution in [0.2, 0.25) is 0 Å². The molecule has 0 fully saturated rings. The van der Waals surface area contributed by atoms with Crippen molar-refractivity contribution in [3.05, 3.63) is 288 Å². The summed E-state index contributed by atoms with van der Waals surface area (Å²) in [6, 6.07) is 94.7. The number of hydrogen-bond acceptors (Lipinski definition) is 4. The van der Waals surface area contributed by atoms with Gasteiger partial charge in [-0.05, 0) is 137 Å². The molecule has 17 rings (SSSR count). The van der Waals surface area contributed by atoms with Crippen molar-refractivity contribution in [1.82, 2.24) is 0 Å². The second kappa shape index (κ2) is 17.9. The third-order valence-corrected chi connectivity index (χ3v) is 18.6. The second-order valence-corrected chi connectivity index (χ2v) is 25.4. The van der Waals surface area contributed by atoms with E-state index in [0.717, 1.165) is 83.4 Å². The first-order chi connectivity index (χ1) is 41.5. The Labute approximate surface area is 494 Å². The van der Waals surface area contributed by atoms with Crippen LogP contribution in [0, 0.1) is 0 Å².